The van der Waals surface area contributed by atoms with Crippen LogP contribution in [0.15, 0.2) is 54.6 Å². The van der Waals surface area contributed by atoms with Crippen LogP contribution >= 0.6 is 12.4 Å². The van der Waals surface area contributed by atoms with Crippen molar-refractivity contribution in [2.75, 3.05) is 26.2 Å². The van der Waals surface area contributed by atoms with E-state index in [1.54, 1.807) is 0 Å². The third kappa shape index (κ3) is 4.77. The molecule has 1 unspecified atom stereocenters. The lowest BCUT2D eigenvalue weighted by molar-refractivity contribution is 0.126. The molecule has 0 bridgehead atoms. The lowest BCUT2D eigenvalue weighted by Gasteiger charge is -2.35. The fourth-order valence-electron chi connectivity index (χ4n) is 4.19. The van der Waals surface area contributed by atoms with Gasteiger partial charge in [0.25, 0.3) is 0 Å². The Morgan fingerprint density at radius 1 is 0.880 bits per heavy atom. The number of fused-ring (bicyclic) bond motifs is 1. The predicted molar refractivity (Wildman–Crippen MR) is 106 cm³/mol. The first-order valence-electron chi connectivity index (χ1n) is 9.34. The fraction of sp³-hybridized carbons (Fsp3) is 0.455. The van der Waals surface area contributed by atoms with Crippen molar-refractivity contribution in [2.45, 2.75) is 25.7 Å². The summed E-state index contributed by atoms with van der Waals surface area (Å²) in [5.74, 6) is 2.59. The minimum Gasteiger partial charge on any atom is -0.493 e. The van der Waals surface area contributed by atoms with E-state index in [4.69, 9.17) is 4.74 Å². The van der Waals surface area contributed by atoms with Gasteiger partial charge in [0.15, 0.2) is 0 Å². The molecular formula is C22H28ClNO. The second-order valence-corrected chi connectivity index (χ2v) is 7.42. The van der Waals surface area contributed by atoms with E-state index in [2.05, 4.69) is 59.5 Å². The average Bonchev–Trinajstić information content (AvgIpc) is 2.64. The van der Waals surface area contributed by atoms with Gasteiger partial charge in [-0.2, -0.15) is 0 Å². The number of hydrogen-bond acceptors (Lipinski definition) is 2. The second kappa shape index (κ2) is 8.73. The van der Waals surface area contributed by atoms with E-state index in [0.717, 1.165) is 18.3 Å². The lowest BCUT2D eigenvalue weighted by atomic mass is 9.89. The summed E-state index contributed by atoms with van der Waals surface area (Å²) in [6.45, 7) is 4.55. The van der Waals surface area contributed by atoms with E-state index in [1.165, 1.54) is 56.4 Å². The summed E-state index contributed by atoms with van der Waals surface area (Å²) in [5.41, 5.74) is 2.88. The Balaban J connectivity index is 0.00000182. The third-order valence-electron chi connectivity index (χ3n) is 5.55. The summed E-state index contributed by atoms with van der Waals surface area (Å²) < 4.78 is 5.95. The maximum atomic E-state index is 5.95. The van der Waals surface area contributed by atoms with Crippen molar-refractivity contribution in [1.29, 1.82) is 0 Å². The molecule has 25 heavy (non-hydrogen) atoms. The molecule has 134 valence electrons. The Kier molecular flexibility index (Phi) is 6.39. The van der Waals surface area contributed by atoms with Crippen molar-refractivity contribution in [3.05, 3.63) is 65.7 Å². The van der Waals surface area contributed by atoms with Crippen LogP contribution in [0, 0.1) is 11.8 Å². The van der Waals surface area contributed by atoms with Gasteiger partial charge < -0.3 is 9.64 Å². The zero-order valence-electron chi connectivity index (χ0n) is 14.8. The number of para-hydroxylation sites is 1. The molecule has 0 N–H and O–H groups in total. The molecule has 0 aliphatic carbocycles. The molecule has 0 spiro atoms. The van der Waals surface area contributed by atoms with Crippen molar-refractivity contribution in [3.63, 3.8) is 0 Å². The maximum absolute atomic E-state index is 5.95. The second-order valence-electron chi connectivity index (χ2n) is 7.42. The Hall–Kier alpha value is -1.51. The van der Waals surface area contributed by atoms with Crippen molar-refractivity contribution < 1.29 is 4.74 Å². The highest BCUT2D eigenvalue weighted by molar-refractivity contribution is 5.85. The van der Waals surface area contributed by atoms with Gasteiger partial charge in [-0.15, -0.1) is 12.4 Å². The van der Waals surface area contributed by atoms with Gasteiger partial charge in [0.1, 0.15) is 5.75 Å². The SMILES string of the molecule is Cl.c1ccc(CC2CCN(CC3COc4ccccc4C3)CC2)cc1. The largest absolute Gasteiger partial charge is 0.493 e. The molecular weight excluding hydrogens is 330 g/mol. The van der Waals surface area contributed by atoms with Crippen LogP contribution in [0.3, 0.4) is 0 Å². The molecule has 1 fully saturated rings. The summed E-state index contributed by atoms with van der Waals surface area (Å²) in [4.78, 5) is 2.66. The number of nitrogens with zero attached hydrogens (tertiary/aromatic N) is 1. The van der Waals surface area contributed by atoms with Gasteiger partial charge in [0.05, 0.1) is 6.61 Å². The zero-order valence-corrected chi connectivity index (χ0v) is 15.6. The maximum Gasteiger partial charge on any atom is 0.122 e. The molecule has 3 heteroatoms. The topological polar surface area (TPSA) is 12.5 Å². The number of piperidine rings is 1. The summed E-state index contributed by atoms with van der Waals surface area (Å²) in [6.07, 6.45) is 5.08. The van der Waals surface area contributed by atoms with E-state index in [-0.39, 0.29) is 12.4 Å². The first kappa shape index (κ1) is 18.3. The molecule has 2 aromatic rings. The Morgan fingerprint density at radius 3 is 2.40 bits per heavy atom. The summed E-state index contributed by atoms with van der Waals surface area (Å²) in [7, 11) is 0. The smallest absolute Gasteiger partial charge is 0.122 e. The van der Waals surface area contributed by atoms with Gasteiger partial charge in [0.2, 0.25) is 0 Å². The van der Waals surface area contributed by atoms with Crippen LogP contribution in [0.2, 0.25) is 0 Å². The highest BCUT2D eigenvalue weighted by Gasteiger charge is 2.25. The van der Waals surface area contributed by atoms with Gasteiger partial charge in [0, 0.05) is 12.5 Å². The molecule has 2 aromatic carbocycles. The van der Waals surface area contributed by atoms with Gasteiger partial charge in [-0.05, 0) is 61.9 Å². The number of ether oxygens (including phenoxy) is 1. The summed E-state index contributed by atoms with van der Waals surface area (Å²) in [6, 6.07) is 19.5. The molecule has 0 radical (unpaired) electrons. The number of benzene rings is 2. The van der Waals surface area contributed by atoms with Gasteiger partial charge in [-0.25, -0.2) is 0 Å². The fourth-order valence-corrected chi connectivity index (χ4v) is 4.19. The molecule has 2 nitrogen and oxygen atoms in total. The number of hydrogen-bond donors (Lipinski definition) is 0. The monoisotopic (exact) mass is 357 g/mol. The van der Waals surface area contributed by atoms with Crippen molar-refractivity contribution in [3.8, 4) is 5.75 Å². The van der Waals surface area contributed by atoms with E-state index in [9.17, 15) is 0 Å². The van der Waals surface area contributed by atoms with Crippen LogP contribution in [0.1, 0.15) is 24.0 Å². The van der Waals surface area contributed by atoms with Gasteiger partial charge in [-0.1, -0.05) is 48.5 Å². The van der Waals surface area contributed by atoms with Gasteiger partial charge >= 0.3 is 0 Å². The molecule has 2 heterocycles. The van der Waals surface area contributed by atoms with Crippen molar-refractivity contribution in [2.24, 2.45) is 11.8 Å². The van der Waals surface area contributed by atoms with Crippen molar-refractivity contribution >= 4 is 12.4 Å². The molecule has 1 saturated heterocycles. The van der Waals surface area contributed by atoms with E-state index in [0.29, 0.717) is 5.92 Å². The Labute approximate surface area is 157 Å². The number of likely N-dealkylation sites (tertiary alicyclic amines) is 1. The normalized spacial score (nSPS) is 21.0. The van der Waals surface area contributed by atoms with Crippen LogP contribution in [-0.2, 0) is 12.8 Å². The van der Waals surface area contributed by atoms with E-state index >= 15 is 0 Å². The minimum atomic E-state index is 0. The highest BCUT2D eigenvalue weighted by atomic mass is 35.5. The van der Waals surface area contributed by atoms with Crippen LogP contribution in [0.4, 0.5) is 0 Å². The molecule has 4 rings (SSSR count). The standard InChI is InChI=1S/C22H27NO.ClH/c1-2-6-18(7-3-1)14-19-10-12-23(13-11-19)16-20-15-21-8-4-5-9-22(21)24-17-20;/h1-9,19-20H,10-17H2;1H. The third-order valence-corrected chi connectivity index (χ3v) is 5.55. The predicted octanol–water partition coefficient (Wildman–Crippen LogP) is 4.61. The molecule has 0 aromatic heterocycles. The quantitative estimate of drug-likeness (QED) is 0.792. The van der Waals surface area contributed by atoms with Crippen LogP contribution in [0.25, 0.3) is 0 Å². The molecule has 2 aliphatic heterocycles. The first-order chi connectivity index (χ1) is 11.9. The highest BCUT2D eigenvalue weighted by Crippen LogP contribution is 2.28. The molecule has 0 amide bonds. The summed E-state index contributed by atoms with van der Waals surface area (Å²) >= 11 is 0. The Morgan fingerprint density at radius 2 is 1.60 bits per heavy atom. The molecule has 1 atom stereocenters. The number of rotatable bonds is 4. The Bertz CT molecular complexity index is 652. The van der Waals surface area contributed by atoms with E-state index < -0.39 is 0 Å². The van der Waals surface area contributed by atoms with E-state index in [1.807, 2.05) is 0 Å². The zero-order chi connectivity index (χ0) is 16.2. The summed E-state index contributed by atoms with van der Waals surface area (Å²) in [5, 5.41) is 0. The van der Waals surface area contributed by atoms with Crippen LogP contribution in [0.5, 0.6) is 5.75 Å². The van der Waals surface area contributed by atoms with Gasteiger partial charge in [-0.3, -0.25) is 0 Å². The first-order valence-corrected chi connectivity index (χ1v) is 9.34. The van der Waals surface area contributed by atoms with Crippen molar-refractivity contribution in [1.82, 2.24) is 4.90 Å². The average molecular weight is 358 g/mol. The van der Waals surface area contributed by atoms with Crippen LogP contribution < -0.4 is 4.74 Å². The minimum absolute atomic E-state index is 0. The molecule has 0 saturated carbocycles. The number of halogens is 1. The molecule has 2 aliphatic rings. The lowest BCUT2D eigenvalue weighted by Crippen LogP contribution is -2.40. The van der Waals surface area contributed by atoms with Crippen LogP contribution in [-0.4, -0.2) is 31.1 Å².